The van der Waals surface area contributed by atoms with Gasteiger partial charge in [0.05, 0.1) is 19.3 Å². The molecule has 0 aliphatic carbocycles. The molecule has 0 bridgehead atoms. The van der Waals surface area contributed by atoms with Crippen LogP contribution in [0.4, 0.5) is 5.69 Å². The highest BCUT2D eigenvalue weighted by molar-refractivity contribution is 5.50. The number of benzene rings is 1. The maximum atomic E-state index is 9.68. The lowest BCUT2D eigenvalue weighted by Gasteiger charge is -2.30. The third-order valence-corrected chi connectivity index (χ3v) is 3.70. The molecule has 0 aliphatic rings. The highest BCUT2D eigenvalue weighted by Crippen LogP contribution is 2.24. The second kappa shape index (κ2) is 8.85. The number of rotatable bonds is 10. The van der Waals surface area contributed by atoms with Gasteiger partial charge in [-0.25, -0.2) is 0 Å². The van der Waals surface area contributed by atoms with E-state index in [-0.39, 0.29) is 12.1 Å². The van der Waals surface area contributed by atoms with E-state index in [0.29, 0.717) is 0 Å². The van der Waals surface area contributed by atoms with Gasteiger partial charge in [0, 0.05) is 11.8 Å². The molecule has 20 heavy (non-hydrogen) atoms. The Morgan fingerprint density at radius 3 is 2.60 bits per heavy atom. The molecule has 0 radical (unpaired) electrons. The SMILES string of the molecule is CCCCCCCC(C)(CO)Nc1cccc(OC)c1. The minimum absolute atomic E-state index is 0.137. The normalized spacial score (nSPS) is 13.8. The van der Waals surface area contributed by atoms with E-state index < -0.39 is 0 Å². The Bertz CT molecular complexity index is 381. The lowest BCUT2D eigenvalue weighted by molar-refractivity contribution is 0.211. The van der Waals surface area contributed by atoms with Gasteiger partial charge in [-0.05, 0) is 25.5 Å². The van der Waals surface area contributed by atoms with Gasteiger partial charge in [-0.1, -0.05) is 45.1 Å². The number of anilines is 1. The fourth-order valence-corrected chi connectivity index (χ4v) is 2.35. The molecule has 0 aromatic heterocycles. The van der Waals surface area contributed by atoms with Gasteiger partial charge in [-0.15, -0.1) is 0 Å². The Labute approximate surface area is 123 Å². The van der Waals surface area contributed by atoms with Crippen LogP contribution in [0.5, 0.6) is 5.75 Å². The van der Waals surface area contributed by atoms with E-state index >= 15 is 0 Å². The summed E-state index contributed by atoms with van der Waals surface area (Å²) in [7, 11) is 1.66. The minimum Gasteiger partial charge on any atom is -0.497 e. The summed E-state index contributed by atoms with van der Waals surface area (Å²) in [6.07, 6.45) is 7.22. The molecule has 1 aromatic rings. The Hall–Kier alpha value is -1.22. The van der Waals surface area contributed by atoms with E-state index in [2.05, 4.69) is 19.2 Å². The number of methoxy groups -OCH3 is 1. The predicted molar refractivity (Wildman–Crippen MR) is 85.5 cm³/mol. The van der Waals surface area contributed by atoms with E-state index in [1.807, 2.05) is 24.3 Å². The summed E-state index contributed by atoms with van der Waals surface area (Å²) < 4.78 is 5.23. The third-order valence-electron chi connectivity index (χ3n) is 3.70. The summed E-state index contributed by atoms with van der Waals surface area (Å²) in [4.78, 5) is 0. The van der Waals surface area contributed by atoms with E-state index in [9.17, 15) is 5.11 Å². The number of hydrogen-bond donors (Lipinski definition) is 2. The molecule has 1 unspecified atom stereocenters. The molecule has 0 saturated heterocycles. The largest absolute Gasteiger partial charge is 0.497 e. The number of aliphatic hydroxyl groups excluding tert-OH is 1. The topological polar surface area (TPSA) is 41.5 Å². The standard InChI is InChI=1S/C17H29NO2/c1-4-5-6-7-8-12-17(2,14-19)18-15-10-9-11-16(13-15)20-3/h9-11,13,18-19H,4-8,12,14H2,1-3H3. The quantitative estimate of drug-likeness (QED) is 0.630. The van der Waals surface area contributed by atoms with Crippen LogP contribution in [0.2, 0.25) is 0 Å². The lowest BCUT2D eigenvalue weighted by atomic mass is 9.94. The van der Waals surface area contributed by atoms with Crippen LogP contribution in [0.15, 0.2) is 24.3 Å². The van der Waals surface area contributed by atoms with Crippen molar-refractivity contribution in [3.05, 3.63) is 24.3 Å². The second-order valence-electron chi connectivity index (χ2n) is 5.74. The summed E-state index contributed by atoms with van der Waals surface area (Å²) in [5, 5.41) is 13.1. The summed E-state index contributed by atoms with van der Waals surface area (Å²) in [5.74, 6) is 0.832. The molecule has 0 saturated carbocycles. The molecule has 0 spiro atoms. The van der Waals surface area contributed by atoms with Crippen LogP contribution in [0.25, 0.3) is 0 Å². The van der Waals surface area contributed by atoms with Crippen molar-refractivity contribution >= 4 is 5.69 Å². The van der Waals surface area contributed by atoms with Crippen LogP contribution in [-0.2, 0) is 0 Å². The van der Waals surface area contributed by atoms with Crippen molar-refractivity contribution in [2.75, 3.05) is 19.0 Å². The molecule has 114 valence electrons. The van der Waals surface area contributed by atoms with Gasteiger partial charge >= 0.3 is 0 Å². The molecule has 1 aromatic carbocycles. The Morgan fingerprint density at radius 1 is 1.20 bits per heavy atom. The molecule has 0 fully saturated rings. The summed E-state index contributed by atoms with van der Waals surface area (Å²) in [5.41, 5.74) is 0.730. The highest BCUT2D eigenvalue weighted by Gasteiger charge is 2.22. The fraction of sp³-hybridized carbons (Fsp3) is 0.647. The molecule has 1 atom stereocenters. The first-order valence-electron chi connectivity index (χ1n) is 7.66. The zero-order chi connectivity index (χ0) is 14.8. The first-order chi connectivity index (χ1) is 9.63. The Balaban J connectivity index is 2.50. The van der Waals surface area contributed by atoms with Gasteiger partial charge in [0.25, 0.3) is 0 Å². The number of unbranched alkanes of at least 4 members (excludes halogenated alkanes) is 4. The van der Waals surface area contributed by atoms with E-state index in [4.69, 9.17) is 4.74 Å². The van der Waals surface area contributed by atoms with Crippen LogP contribution >= 0.6 is 0 Å². The number of nitrogens with one attached hydrogen (secondary N) is 1. The van der Waals surface area contributed by atoms with Crippen molar-refractivity contribution in [1.82, 2.24) is 0 Å². The monoisotopic (exact) mass is 279 g/mol. The Kier molecular flexibility index (Phi) is 7.45. The van der Waals surface area contributed by atoms with Gasteiger partial charge in [-0.2, -0.15) is 0 Å². The molecule has 3 nitrogen and oxygen atoms in total. The van der Waals surface area contributed by atoms with Crippen LogP contribution < -0.4 is 10.1 Å². The summed E-state index contributed by atoms with van der Waals surface area (Å²) >= 11 is 0. The first kappa shape index (κ1) is 16.8. The number of ether oxygens (including phenoxy) is 1. The van der Waals surface area contributed by atoms with Crippen molar-refractivity contribution < 1.29 is 9.84 Å². The highest BCUT2D eigenvalue weighted by atomic mass is 16.5. The van der Waals surface area contributed by atoms with Gasteiger partial charge in [0.2, 0.25) is 0 Å². The van der Waals surface area contributed by atoms with E-state index in [1.54, 1.807) is 7.11 Å². The van der Waals surface area contributed by atoms with E-state index in [0.717, 1.165) is 24.3 Å². The maximum absolute atomic E-state index is 9.68. The molecular weight excluding hydrogens is 250 g/mol. The average Bonchev–Trinajstić information content (AvgIpc) is 2.47. The minimum atomic E-state index is -0.265. The summed E-state index contributed by atoms with van der Waals surface area (Å²) in [6.45, 7) is 4.44. The average molecular weight is 279 g/mol. The Morgan fingerprint density at radius 2 is 1.95 bits per heavy atom. The van der Waals surface area contributed by atoms with Crippen molar-refractivity contribution in [2.24, 2.45) is 0 Å². The van der Waals surface area contributed by atoms with Crippen molar-refractivity contribution in [1.29, 1.82) is 0 Å². The van der Waals surface area contributed by atoms with Crippen molar-refractivity contribution in [2.45, 2.75) is 57.9 Å². The van der Waals surface area contributed by atoms with Crippen molar-refractivity contribution in [3.63, 3.8) is 0 Å². The van der Waals surface area contributed by atoms with Gasteiger partial charge in [0.15, 0.2) is 0 Å². The van der Waals surface area contributed by atoms with Crippen LogP contribution in [0, 0.1) is 0 Å². The zero-order valence-electron chi connectivity index (χ0n) is 13.1. The van der Waals surface area contributed by atoms with Crippen molar-refractivity contribution in [3.8, 4) is 5.75 Å². The second-order valence-corrected chi connectivity index (χ2v) is 5.74. The molecule has 0 heterocycles. The van der Waals surface area contributed by atoms with Crippen LogP contribution in [-0.4, -0.2) is 24.4 Å². The molecular formula is C17H29NO2. The molecule has 3 heteroatoms. The number of hydrogen-bond acceptors (Lipinski definition) is 3. The molecule has 0 amide bonds. The smallest absolute Gasteiger partial charge is 0.120 e. The fourth-order valence-electron chi connectivity index (χ4n) is 2.35. The van der Waals surface area contributed by atoms with Gasteiger partial charge in [0.1, 0.15) is 5.75 Å². The zero-order valence-corrected chi connectivity index (χ0v) is 13.1. The maximum Gasteiger partial charge on any atom is 0.120 e. The van der Waals surface area contributed by atoms with Gasteiger partial charge < -0.3 is 15.2 Å². The lowest BCUT2D eigenvalue weighted by Crippen LogP contribution is -2.38. The number of aliphatic hydroxyl groups is 1. The van der Waals surface area contributed by atoms with Crippen LogP contribution in [0.3, 0.4) is 0 Å². The molecule has 0 aliphatic heterocycles. The third kappa shape index (κ3) is 5.83. The molecule has 1 rings (SSSR count). The van der Waals surface area contributed by atoms with Gasteiger partial charge in [-0.3, -0.25) is 0 Å². The summed E-state index contributed by atoms with van der Waals surface area (Å²) in [6, 6.07) is 7.85. The van der Waals surface area contributed by atoms with Crippen LogP contribution in [0.1, 0.15) is 52.4 Å². The molecule has 2 N–H and O–H groups in total. The van der Waals surface area contributed by atoms with E-state index in [1.165, 1.54) is 25.7 Å². The first-order valence-corrected chi connectivity index (χ1v) is 7.66. The predicted octanol–water partition coefficient (Wildman–Crippen LogP) is 4.22.